The van der Waals surface area contributed by atoms with Crippen molar-refractivity contribution >= 4 is 27.5 Å². The molecule has 1 atom stereocenters. The fourth-order valence-electron chi connectivity index (χ4n) is 5.61. The van der Waals surface area contributed by atoms with Crippen molar-refractivity contribution in [3.8, 4) is 0 Å². The maximum absolute atomic E-state index is 14.4. The number of sulfonamides is 1. The van der Waals surface area contributed by atoms with Gasteiger partial charge in [-0.25, -0.2) is 8.42 Å². The first-order valence-corrected chi connectivity index (χ1v) is 16.3. The van der Waals surface area contributed by atoms with E-state index in [9.17, 15) is 18.0 Å². The monoisotopic (exact) mass is 589 g/mol. The predicted octanol–water partition coefficient (Wildman–Crippen LogP) is 5.98. The minimum atomic E-state index is -4.11. The highest BCUT2D eigenvalue weighted by molar-refractivity contribution is 7.92. The summed E-state index contributed by atoms with van der Waals surface area (Å²) in [7, 11) is -4.11. The van der Waals surface area contributed by atoms with Gasteiger partial charge in [0.15, 0.2) is 0 Å². The average molecular weight is 590 g/mol. The third-order valence-corrected chi connectivity index (χ3v) is 10.2. The third kappa shape index (κ3) is 7.04. The maximum Gasteiger partial charge on any atom is 0.264 e. The standard InChI is InChI=1S/C34H43N3O4S/c1-6-31(34(39)35-29-15-9-10-16-29)36(22-28-14-8-7-12-26(28)4)33(38)23-37(32-17-11-13-25(3)27(32)5)42(40,41)30-20-18-24(2)19-21-30/h7-8,11-14,17-21,29,31H,6,9-10,15-16,22-23H2,1-5H3,(H,35,39)/t31-/m0/s1. The Kier molecular flexibility index (Phi) is 10.1. The van der Waals surface area contributed by atoms with Gasteiger partial charge in [-0.15, -0.1) is 0 Å². The van der Waals surface area contributed by atoms with Gasteiger partial charge >= 0.3 is 0 Å². The first-order valence-electron chi connectivity index (χ1n) is 14.8. The van der Waals surface area contributed by atoms with Crippen LogP contribution in [0.2, 0.25) is 0 Å². The summed E-state index contributed by atoms with van der Waals surface area (Å²) in [5.41, 5.74) is 4.99. The summed E-state index contributed by atoms with van der Waals surface area (Å²) in [4.78, 5) is 29.6. The van der Waals surface area contributed by atoms with Crippen molar-refractivity contribution in [1.29, 1.82) is 0 Å². The second-order valence-electron chi connectivity index (χ2n) is 11.4. The summed E-state index contributed by atoms with van der Waals surface area (Å²) in [5, 5.41) is 3.16. The SMILES string of the molecule is CC[C@@H](C(=O)NC1CCCC1)N(Cc1ccccc1C)C(=O)CN(c1cccc(C)c1C)S(=O)(=O)c1ccc(C)cc1. The van der Waals surface area contributed by atoms with Gasteiger partial charge in [0.05, 0.1) is 10.6 Å². The van der Waals surface area contributed by atoms with Crippen molar-refractivity contribution in [2.75, 3.05) is 10.8 Å². The van der Waals surface area contributed by atoms with E-state index in [1.165, 1.54) is 4.31 Å². The second kappa shape index (κ2) is 13.6. The Hall–Kier alpha value is -3.65. The van der Waals surface area contributed by atoms with Crippen LogP contribution in [0.1, 0.15) is 66.8 Å². The lowest BCUT2D eigenvalue weighted by atomic mass is 10.1. The molecule has 8 heteroatoms. The van der Waals surface area contributed by atoms with Gasteiger partial charge in [-0.1, -0.05) is 73.9 Å². The zero-order chi connectivity index (χ0) is 30.4. The molecule has 4 rings (SSSR count). The maximum atomic E-state index is 14.4. The zero-order valence-corrected chi connectivity index (χ0v) is 26.2. The number of hydrogen-bond acceptors (Lipinski definition) is 4. The third-order valence-electron chi connectivity index (χ3n) is 8.42. The van der Waals surface area contributed by atoms with E-state index in [0.29, 0.717) is 12.1 Å². The van der Waals surface area contributed by atoms with E-state index in [0.717, 1.165) is 53.5 Å². The largest absolute Gasteiger partial charge is 0.352 e. The molecule has 2 amide bonds. The number of carbonyl (C=O) groups excluding carboxylic acids is 2. The molecule has 0 radical (unpaired) electrons. The number of anilines is 1. The van der Waals surface area contributed by atoms with Crippen LogP contribution in [0.4, 0.5) is 5.69 Å². The fourth-order valence-corrected chi connectivity index (χ4v) is 7.09. The Bertz CT molecular complexity index is 1510. The minimum absolute atomic E-state index is 0.107. The highest BCUT2D eigenvalue weighted by Crippen LogP contribution is 2.29. The second-order valence-corrected chi connectivity index (χ2v) is 13.3. The molecule has 3 aromatic rings. The summed E-state index contributed by atoms with van der Waals surface area (Å²) in [5.74, 6) is -0.616. The van der Waals surface area contributed by atoms with Crippen LogP contribution in [0.3, 0.4) is 0 Å². The van der Waals surface area contributed by atoms with Gasteiger partial charge in [0.2, 0.25) is 11.8 Å². The Morgan fingerprint density at radius 2 is 1.52 bits per heavy atom. The van der Waals surface area contributed by atoms with Crippen LogP contribution < -0.4 is 9.62 Å². The van der Waals surface area contributed by atoms with E-state index in [2.05, 4.69) is 5.32 Å². The van der Waals surface area contributed by atoms with Crippen LogP contribution in [-0.2, 0) is 26.2 Å². The quantitative estimate of drug-likeness (QED) is 0.298. The van der Waals surface area contributed by atoms with Crippen LogP contribution in [0.5, 0.6) is 0 Å². The number of nitrogens with one attached hydrogen (secondary N) is 1. The number of benzene rings is 3. The van der Waals surface area contributed by atoms with Gasteiger partial charge < -0.3 is 10.2 Å². The number of aryl methyl sites for hydroxylation is 3. The van der Waals surface area contributed by atoms with Gasteiger partial charge in [-0.2, -0.15) is 0 Å². The lowest BCUT2D eigenvalue weighted by Gasteiger charge is -2.34. The first kappa shape index (κ1) is 31.3. The molecule has 0 aromatic heterocycles. The summed E-state index contributed by atoms with van der Waals surface area (Å²) in [6, 6.07) is 19.2. The number of carbonyl (C=O) groups is 2. The van der Waals surface area contributed by atoms with Crippen molar-refractivity contribution in [2.24, 2.45) is 0 Å². The lowest BCUT2D eigenvalue weighted by Crippen LogP contribution is -2.53. The molecule has 1 fully saturated rings. The zero-order valence-electron chi connectivity index (χ0n) is 25.4. The van der Waals surface area contributed by atoms with Crippen LogP contribution in [0, 0.1) is 27.7 Å². The summed E-state index contributed by atoms with van der Waals surface area (Å²) >= 11 is 0. The molecule has 0 unspecified atom stereocenters. The van der Waals surface area contributed by atoms with Gasteiger partial charge in [0.1, 0.15) is 12.6 Å². The van der Waals surface area contributed by atoms with Crippen molar-refractivity contribution in [3.05, 3.63) is 94.5 Å². The molecular formula is C34H43N3O4S. The molecule has 0 spiro atoms. The summed E-state index contributed by atoms with van der Waals surface area (Å²) in [6.07, 6.45) is 4.43. The molecule has 42 heavy (non-hydrogen) atoms. The lowest BCUT2D eigenvalue weighted by molar-refractivity contribution is -0.140. The van der Waals surface area contributed by atoms with E-state index < -0.39 is 28.5 Å². The van der Waals surface area contributed by atoms with E-state index in [-0.39, 0.29) is 23.4 Å². The predicted molar refractivity (Wildman–Crippen MR) is 168 cm³/mol. The first-order chi connectivity index (χ1) is 20.0. The van der Waals surface area contributed by atoms with Crippen molar-refractivity contribution in [1.82, 2.24) is 10.2 Å². The van der Waals surface area contributed by atoms with Crippen molar-refractivity contribution < 1.29 is 18.0 Å². The Balaban J connectivity index is 1.75. The minimum Gasteiger partial charge on any atom is -0.352 e. The molecule has 0 heterocycles. The van der Waals surface area contributed by atoms with Gasteiger partial charge in [0, 0.05) is 12.6 Å². The molecule has 1 aliphatic rings. The number of nitrogens with zero attached hydrogens (tertiary/aromatic N) is 2. The van der Waals surface area contributed by atoms with Crippen LogP contribution >= 0.6 is 0 Å². The normalized spacial score (nSPS) is 14.4. The molecular weight excluding hydrogens is 546 g/mol. The fraction of sp³-hybridized carbons (Fsp3) is 0.412. The summed E-state index contributed by atoms with van der Waals surface area (Å²) in [6.45, 7) is 9.31. The molecule has 1 saturated carbocycles. The average Bonchev–Trinajstić information content (AvgIpc) is 3.47. The molecule has 0 bridgehead atoms. The number of rotatable bonds is 11. The topological polar surface area (TPSA) is 86.8 Å². The number of hydrogen-bond donors (Lipinski definition) is 1. The molecule has 1 N–H and O–H groups in total. The van der Waals surface area contributed by atoms with E-state index in [1.54, 1.807) is 41.3 Å². The molecule has 7 nitrogen and oxygen atoms in total. The highest BCUT2D eigenvalue weighted by atomic mass is 32.2. The van der Waals surface area contributed by atoms with Crippen molar-refractivity contribution in [3.63, 3.8) is 0 Å². The molecule has 1 aliphatic carbocycles. The van der Waals surface area contributed by atoms with Crippen LogP contribution in [-0.4, -0.2) is 43.8 Å². The Morgan fingerprint density at radius 1 is 0.881 bits per heavy atom. The van der Waals surface area contributed by atoms with Crippen LogP contribution in [0.15, 0.2) is 71.6 Å². The number of amides is 2. The van der Waals surface area contributed by atoms with Crippen molar-refractivity contribution in [2.45, 2.75) is 90.2 Å². The summed E-state index contributed by atoms with van der Waals surface area (Å²) < 4.78 is 29.5. The van der Waals surface area contributed by atoms with E-state index >= 15 is 0 Å². The molecule has 3 aromatic carbocycles. The smallest absolute Gasteiger partial charge is 0.264 e. The molecule has 0 aliphatic heterocycles. The van der Waals surface area contributed by atoms with Gasteiger partial charge in [-0.3, -0.25) is 13.9 Å². The van der Waals surface area contributed by atoms with Gasteiger partial charge in [0.25, 0.3) is 10.0 Å². The van der Waals surface area contributed by atoms with Gasteiger partial charge in [-0.05, 0) is 87.4 Å². The van der Waals surface area contributed by atoms with E-state index in [1.807, 2.05) is 65.0 Å². The highest BCUT2D eigenvalue weighted by Gasteiger charge is 2.35. The van der Waals surface area contributed by atoms with E-state index in [4.69, 9.17) is 0 Å². The molecule has 224 valence electrons. The Morgan fingerprint density at radius 3 is 2.17 bits per heavy atom. The Labute approximate surface area is 251 Å². The van der Waals surface area contributed by atoms with Crippen LogP contribution in [0.25, 0.3) is 0 Å². The molecule has 0 saturated heterocycles.